The molecule has 1 aromatic carbocycles. The van der Waals surface area contributed by atoms with Crippen LogP contribution in [-0.4, -0.2) is 11.6 Å². The summed E-state index contributed by atoms with van der Waals surface area (Å²) in [7, 11) is 0. The third kappa shape index (κ3) is 2.70. The number of aromatic nitrogens is 1. The highest BCUT2D eigenvalue weighted by Gasteiger charge is 2.05. The van der Waals surface area contributed by atoms with Gasteiger partial charge < -0.3 is 9.26 Å². The van der Waals surface area contributed by atoms with Gasteiger partial charge in [-0.25, -0.2) is 4.79 Å². The lowest BCUT2D eigenvalue weighted by Gasteiger charge is -1.94. The molecule has 2 aromatic rings. The molecule has 1 heterocycles. The molecular weight excluding hydrogens is 206 g/mol. The fraction of sp³-hybridized carbons (Fsp3) is 0.167. The fourth-order valence-corrected chi connectivity index (χ4v) is 1.41. The molecule has 0 atom stereocenters. The van der Waals surface area contributed by atoms with E-state index in [1.807, 2.05) is 30.3 Å². The van der Waals surface area contributed by atoms with Crippen molar-refractivity contribution in [1.29, 1.82) is 0 Å². The molecule has 0 unspecified atom stereocenters. The minimum Gasteiger partial charge on any atom is -0.451 e. The second-order valence-corrected chi connectivity index (χ2v) is 3.32. The average Bonchev–Trinajstić information content (AvgIpc) is 2.75. The Hall–Kier alpha value is -2.10. The highest BCUT2D eigenvalue weighted by Crippen LogP contribution is 2.11. The maximum atomic E-state index is 9.87. The van der Waals surface area contributed by atoms with Crippen LogP contribution < -0.4 is 0 Å². The summed E-state index contributed by atoms with van der Waals surface area (Å²) < 4.78 is 9.56. The van der Waals surface area contributed by atoms with Gasteiger partial charge in [-0.05, 0) is 5.56 Å². The van der Waals surface area contributed by atoms with Crippen molar-refractivity contribution >= 4 is 6.47 Å². The lowest BCUT2D eigenvalue weighted by molar-refractivity contribution is 0.254. The van der Waals surface area contributed by atoms with Crippen molar-refractivity contribution < 1.29 is 14.1 Å². The summed E-state index contributed by atoms with van der Waals surface area (Å²) in [6.45, 7) is 1.44. The maximum Gasteiger partial charge on any atom is 0.417 e. The first-order chi connectivity index (χ1) is 7.88. The van der Waals surface area contributed by atoms with Gasteiger partial charge in [-0.1, -0.05) is 35.5 Å². The van der Waals surface area contributed by atoms with Crippen molar-refractivity contribution in [2.45, 2.75) is 13.0 Å². The summed E-state index contributed by atoms with van der Waals surface area (Å²) in [5, 5.41) is 3.77. The Bertz CT molecular complexity index is 450. The first kappa shape index (κ1) is 10.4. The van der Waals surface area contributed by atoms with Crippen molar-refractivity contribution in [3.05, 3.63) is 53.4 Å². The molecule has 0 saturated carbocycles. The third-order valence-electron chi connectivity index (χ3n) is 2.11. The molecule has 2 rings (SSSR count). The number of rotatable bonds is 5. The van der Waals surface area contributed by atoms with Crippen LogP contribution in [0.3, 0.4) is 0 Å². The smallest absolute Gasteiger partial charge is 0.417 e. The minimum absolute atomic E-state index is 0.0990. The van der Waals surface area contributed by atoms with Crippen LogP contribution in [0.4, 0.5) is 0 Å². The van der Waals surface area contributed by atoms with Gasteiger partial charge in [0, 0.05) is 12.5 Å². The SMILES string of the molecule is O=[C]OCc1cc(Cc2ccccc2)on1. The molecule has 0 amide bonds. The molecule has 0 N–H and O–H groups in total. The van der Waals surface area contributed by atoms with E-state index in [9.17, 15) is 4.79 Å². The Balaban J connectivity index is 2.00. The molecule has 0 aliphatic carbocycles. The van der Waals surface area contributed by atoms with Crippen LogP contribution in [0.15, 0.2) is 40.9 Å². The zero-order chi connectivity index (χ0) is 11.2. The maximum absolute atomic E-state index is 9.87. The molecule has 1 radical (unpaired) electrons. The van der Waals surface area contributed by atoms with E-state index in [2.05, 4.69) is 9.89 Å². The van der Waals surface area contributed by atoms with Gasteiger partial charge in [-0.15, -0.1) is 0 Å². The van der Waals surface area contributed by atoms with E-state index < -0.39 is 0 Å². The van der Waals surface area contributed by atoms with Gasteiger partial charge >= 0.3 is 6.47 Å². The molecule has 0 fully saturated rings. The van der Waals surface area contributed by atoms with Crippen LogP contribution in [0.2, 0.25) is 0 Å². The van der Waals surface area contributed by atoms with Gasteiger partial charge in [0.15, 0.2) is 0 Å². The van der Waals surface area contributed by atoms with Crippen molar-refractivity contribution in [2.24, 2.45) is 0 Å². The average molecular weight is 216 g/mol. The van der Waals surface area contributed by atoms with Crippen LogP contribution in [0.1, 0.15) is 17.0 Å². The molecule has 0 aliphatic heterocycles. The predicted molar refractivity (Wildman–Crippen MR) is 56.2 cm³/mol. The van der Waals surface area contributed by atoms with Crippen molar-refractivity contribution in [2.75, 3.05) is 0 Å². The summed E-state index contributed by atoms with van der Waals surface area (Å²) in [5.41, 5.74) is 1.74. The normalized spacial score (nSPS) is 10.0. The quantitative estimate of drug-likeness (QED) is 0.765. The topological polar surface area (TPSA) is 52.3 Å². The van der Waals surface area contributed by atoms with Gasteiger partial charge in [-0.3, -0.25) is 0 Å². The van der Waals surface area contributed by atoms with Crippen molar-refractivity contribution in [1.82, 2.24) is 5.16 Å². The van der Waals surface area contributed by atoms with Crippen LogP contribution in [0.25, 0.3) is 0 Å². The zero-order valence-corrected chi connectivity index (χ0v) is 8.55. The Morgan fingerprint density at radius 2 is 2.12 bits per heavy atom. The molecule has 0 saturated heterocycles. The van der Waals surface area contributed by atoms with Gasteiger partial charge in [0.05, 0.1) is 0 Å². The fourth-order valence-electron chi connectivity index (χ4n) is 1.41. The lowest BCUT2D eigenvalue weighted by Crippen LogP contribution is -1.89. The van der Waals surface area contributed by atoms with Crippen LogP contribution >= 0.6 is 0 Å². The number of benzene rings is 1. The molecular formula is C12H10NO3. The number of carbonyl (C=O) groups excluding carboxylic acids is 1. The summed E-state index contributed by atoms with van der Waals surface area (Å²) in [6, 6.07) is 11.7. The van der Waals surface area contributed by atoms with E-state index in [1.165, 1.54) is 6.47 Å². The largest absolute Gasteiger partial charge is 0.451 e. The van der Waals surface area contributed by atoms with Crippen LogP contribution in [0, 0.1) is 0 Å². The minimum atomic E-state index is 0.0990. The van der Waals surface area contributed by atoms with E-state index >= 15 is 0 Å². The first-order valence-electron chi connectivity index (χ1n) is 4.86. The molecule has 16 heavy (non-hydrogen) atoms. The molecule has 0 aliphatic rings. The van der Waals surface area contributed by atoms with E-state index in [0.717, 1.165) is 11.3 Å². The number of nitrogens with zero attached hydrogens (tertiary/aromatic N) is 1. The molecule has 0 spiro atoms. The Morgan fingerprint density at radius 1 is 1.31 bits per heavy atom. The van der Waals surface area contributed by atoms with Crippen LogP contribution in [0.5, 0.6) is 0 Å². The summed E-state index contributed by atoms with van der Waals surface area (Å²) in [6.07, 6.45) is 0.679. The Labute approximate surface area is 92.8 Å². The second kappa shape index (κ2) is 5.11. The van der Waals surface area contributed by atoms with Gasteiger partial charge in [0.2, 0.25) is 0 Å². The number of ether oxygens (including phenoxy) is 1. The Morgan fingerprint density at radius 3 is 2.88 bits per heavy atom. The molecule has 0 bridgehead atoms. The highest BCUT2D eigenvalue weighted by molar-refractivity contribution is 5.38. The third-order valence-corrected chi connectivity index (χ3v) is 2.11. The zero-order valence-electron chi connectivity index (χ0n) is 8.55. The van der Waals surface area contributed by atoms with Gasteiger partial charge in [-0.2, -0.15) is 0 Å². The predicted octanol–water partition coefficient (Wildman–Crippen LogP) is 1.85. The number of hydrogen-bond acceptors (Lipinski definition) is 4. The van der Waals surface area contributed by atoms with E-state index in [0.29, 0.717) is 12.1 Å². The van der Waals surface area contributed by atoms with Crippen LogP contribution in [-0.2, 0) is 22.6 Å². The standard InChI is InChI=1S/C12H10NO3/c14-9-15-8-11-7-12(16-13-11)6-10-4-2-1-3-5-10/h1-5,7H,6,8H2. The summed E-state index contributed by atoms with van der Waals surface area (Å²) in [4.78, 5) is 9.87. The summed E-state index contributed by atoms with van der Waals surface area (Å²) >= 11 is 0. The molecule has 4 nitrogen and oxygen atoms in total. The van der Waals surface area contributed by atoms with Crippen molar-refractivity contribution in [3.8, 4) is 0 Å². The highest BCUT2D eigenvalue weighted by atomic mass is 16.5. The molecule has 4 heteroatoms. The molecule has 1 aromatic heterocycles. The van der Waals surface area contributed by atoms with Crippen molar-refractivity contribution in [3.63, 3.8) is 0 Å². The van der Waals surface area contributed by atoms with E-state index in [4.69, 9.17) is 4.52 Å². The first-order valence-corrected chi connectivity index (χ1v) is 4.86. The molecule has 81 valence electrons. The summed E-state index contributed by atoms with van der Waals surface area (Å²) in [5.74, 6) is 0.746. The Kier molecular flexibility index (Phi) is 3.33. The van der Waals surface area contributed by atoms with Gasteiger partial charge in [0.1, 0.15) is 18.1 Å². The van der Waals surface area contributed by atoms with E-state index in [-0.39, 0.29) is 6.61 Å². The monoisotopic (exact) mass is 216 g/mol. The lowest BCUT2D eigenvalue weighted by atomic mass is 10.1. The van der Waals surface area contributed by atoms with E-state index in [1.54, 1.807) is 6.07 Å². The second-order valence-electron chi connectivity index (χ2n) is 3.32. The van der Waals surface area contributed by atoms with Gasteiger partial charge in [0.25, 0.3) is 0 Å². The number of hydrogen-bond donors (Lipinski definition) is 0.